The predicted molar refractivity (Wildman–Crippen MR) is 76.8 cm³/mol. The fraction of sp³-hybridized carbons (Fsp3) is 0.667. The highest BCUT2D eigenvalue weighted by atomic mass is 15.2. The lowest BCUT2D eigenvalue weighted by atomic mass is 9.86. The molecular formula is C15H25N3. The quantitative estimate of drug-likeness (QED) is 0.890. The van der Waals surface area contributed by atoms with E-state index in [4.69, 9.17) is 0 Å². The molecule has 1 aromatic rings. The fourth-order valence-corrected chi connectivity index (χ4v) is 3.01. The topological polar surface area (TPSA) is 28.2 Å². The van der Waals surface area contributed by atoms with Crippen LogP contribution >= 0.6 is 0 Å². The van der Waals surface area contributed by atoms with Crippen molar-refractivity contribution in [3.63, 3.8) is 0 Å². The van der Waals surface area contributed by atoms with Gasteiger partial charge in [0.15, 0.2) is 0 Å². The van der Waals surface area contributed by atoms with E-state index in [1.165, 1.54) is 12.0 Å². The van der Waals surface area contributed by atoms with Crippen LogP contribution in [0.1, 0.15) is 32.8 Å². The molecule has 1 aliphatic heterocycles. The predicted octanol–water partition coefficient (Wildman–Crippen LogP) is 2.67. The minimum atomic E-state index is 0.576. The number of aromatic nitrogens is 1. The van der Waals surface area contributed by atoms with E-state index in [9.17, 15) is 0 Å². The van der Waals surface area contributed by atoms with Crippen molar-refractivity contribution in [1.29, 1.82) is 0 Å². The van der Waals surface area contributed by atoms with Gasteiger partial charge in [0.1, 0.15) is 5.82 Å². The van der Waals surface area contributed by atoms with Gasteiger partial charge in [0.2, 0.25) is 0 Å². The highest BCUT2D eigenvalue weighted by molar-refractivity contribution is 5.48. The molecule has 0 bridgehead atoms. The van der Waals surface area contributed by atoms with Gasteiger partial charge in [-0.05, 0) is 38.3 Å². The van der Waals surface area contributed by atoms with Gasteiger partial charge in [-0.25, -0.2) is 4.98 Å². The van der Waals surface area contributed by atoms with Crippen LogP contribution in [0.3, 0.4) is 0 Å². The first-order valence-electron chi connectivity index (χ1n) is 6.98. The van der Waals surface area contributed by atoms with Crippen molar-refractivity contribution < 1.29 is 0 Å². The van der Waals surface area contributed by atoms with E-state index in [0.717, 1.165) is 30.7 Å². The van der Waals surface area contributed by atoms with E-state index in [-0.39, 0.29) is 0 Å². The molecule has 1 aromatic heterocycles. The maximum absolute atomic E-state index is 4.63. The highest BCUT2D eigenvalue weighted by Crippen LogP contribution is 2.31. The maximum atomic E-state index is 4.63. The first-order chi connectivity index (χ1) is 8.63. The molecule has 1 saturated heterocycles. The Labute approximate surface area is 111 Å². The molecule has 3 nitrogen and oxygen atoms in total. The molecule has 3 unspecified atom stereocenters. The fourth-order valence-electron chi connectivity index (χ4n) is 3.01. The lowest BCUT2D eigenvalue weighted by Crippen LogP contribution is -2.46. The summed E-state index contributed by atoms with van der Waals surface area (Å²) in [6.45, 7) is 9.03. The summed E-state index contributed by atoms with van der Waals surface area (Å²) < 4.78 is 0. The summed E-state index contributed by atoms with van der Waals surface area (Å²) >= 11 is 0. The number of nitrogens with zero attached hydrogens (tertiary/aromatic N) is 2. The number of piperidine rings is 1. The van der Waals surface area contributed by atoms with Crippen LogP contribution in [0.2, 0.25) is 0 Å². The van der Waals surface area contributed by atoms with Gasteiger partial charge in [-0.3, -0.25) is 0 Å². The summed E-state index contributed by atoms with van der Waals surface area (Å²) in [5.74, 6) is 2.65. The Bertz CT molecular complexity index is 391. The summed E-state index contributed by atoms with van der Waals surface area (Å²) in [5.41, 5.74) is 1.30. The second-order valence-electron chi connectivity index (χ2n) is 5.73. The number of rotatable bonds is 3. The van der Waals surface area contributed by atoms with E-state index in [2.05, 4.69) is 42.0 Å². The van der Waals surface area contributed by atoms with E-state index in [1.54, 1.807) is 0 Å². The summed E-state index contributed by atoms with van der Waals surface area (Å²) in [7, 11) is 1.99. The zero-order valence-electron chi connectivity index (χ0n) is 12.0. The van der Waals surface area contributed by atoms with E-state index in [1.807, 2.05) is 19.3 Å². The zero-order valence-corrected chi connectivity index (χ0v) is 12.0. The third-order valence-electron chi connectivity index (χ3n) is 4.10. The van der Waals surface area contributed by atoms with Crippen LogP contribution in [0.5, 0.6) is 0 Å². The van der Waals surface area contributed by atoms with Gasteiger partial charge >= 0.3 is 0 Å². The maximum Gasteiger partial charge on any atom is 0.133 e. The average molecular weight is 247 g/mol. The van der Waals surface area contributed by atoms with Crippen LogP contribution in [0.25, 0.3) is 0 Å². The highest BCUT2D eigenvalue weighted by Gasteiger charge is 2.30. The van der Waals surface area contributed by atoms with E-state index < -0.39 is 0 Å². The lowest BCUT2D eigenvalue weighted by molar-refractivity contribution is 0.295. The molecule has 100 valence electrons. The molecule has 1 N–H and O–H groups in total. The Morgan fingerprint density at radius 1 is 1.39 bits per heavy atom. The van der Waals surface area contributed by atoms with Crippen LogP contribution in [-0.2, 0) is 6.54 Å². The minimum Gasteiger partial charge on any atom is -0.353 e. The summed E-state index contributed by atoms with van der Waals surface area (Å²) in [5, 5.41) is 3.23. The summed E-state index contributed by atoms with van der Waals surface area (Å²) in [6.07, 6.45) is 3.23. The molecule has 1 fully saturated rings. The van der Waals surface area contributed by atoms with Crippen LogP contribution in [0, 0.1) is 11.8 Å². The Kier molecular flexibility index (Phi) is 4.23. The van der Waals surface area contributed by atoms with E-state index >= 15 is 0 Å². The van der Waals surface area contributed by atoms with Gasteiger partial charge in [0, 0.05) is 30.9 Å². The first-order valence-corrected chi connectivity index (χ1v) is 6.98. The van der Waals surface area contributed by atoms with Crippen molar-refractivity contribution in [2.24, 2.45) is 11.8 Å². The molecule has 1 aliphatic rings. The monoisotopic (exact) mass is 247 g/mol. The zero-order chi connectivity index (χ0) is 13.1. The van der Waals surface area contributed by atoms with Crippen molar-refractivity contribution in [3.05, 3.63) is 23.9 Å². The molecule has 0 aromatic carbocycles. The molecule has 0 saturated carbocycles. The van der Waals surface area contributed by atoms with Gasteiger partial charge < -0.3 is 10.2 Å². The van der Waals surface area contributed by atoms with Gasteiger partial charge in [-0.15, -0.1) is 0 Å². The molecule has 2 heterocycles. The number of hydrogen-bond acceptors (Lipinski definition) is 3. The standard InChI is InChI=1S/C15H25N3/c1-11-8-12(2)13(3)18(10-11)15-14(9-16-4)6-5-7-17-15/h5-7,11-13,16H,8-10H2,1-4H3. The normalized spacial score (nSPS) is 28.4. The Morgan fingerprint density at radius 2 is 2.17 bits per heavy atom. The second-order valence-corrected chi connectivity index (χ2v) is 5.73. The minimum absolute atomic E-state index is 0.576. The summed E-state index contributed by atoms with van der Waals surface area (Å²) in [4.78, 5) is 7.12. The molecular weight excluding hydrogens is 222 g/mol. The second kappa shape index (κ2) is 5.70. The molecule has 18 heavy (non-hydrogen) atoms. The van der Waals surface area contributed by atoms with Crippen molar-refractivity contribution in [2.75, 3.05) is 18.5 Å². The van der Waals surface area contributed by atoms with Crippen molar-refractivity contribution >= 4 is 5.82 Å². The number of hydrogen-bond donors (Lipinski definition) is 1. The molecule has 3 atom stereocenters. The van der Waals surface area contributed by atoms with Gasteiger partial charge in [0.25, 0.3) is 0 Å². The van der Waals surface area contributed by atoms with E-state index in [0.29, 0.717) is 6.04 Å². The van der Waals surface area contributed by atoms with Crippen LogP contribution in [-0.4, -0.2) is 24.6 Å². The van der Waals surface area contributed by atoms with Crippen molar-refractivity contribution in [3.8, 4) is 0 Å². The molecule has 0 aliphatic carbocycles. The van der Waals surface area contributed by atoms with Gasteiger partial charge in [0.05, 0.1) is 0 Å². The van der Waals surface area contributed by atoms with Crippen molar-refractivity contribution in [2.45, 2.75) is 39.8 Å². The van der Waals surface area contributed by atoms with Crippen LogP contribution < -0.4 is 10.2 Å². The molecule has 0 spiro atoms. The number of pyridine rings is 1. The Balaban J connectivity index is 2.28. The average Bonchev–Trinajstić information content (AvgIpc) is 2.35. The molecule has 0 radical (unpaired) electrons. The Morgan fingerprint density at radius 3 is 2.89 bits per heavy atom. The SMILES string of the molecule is CNCc1cccnc1N1CC(C)CC(C)C1C. The number of nitrogens with one attached hydrogen (secondary N) is 1. The van der Waals surface area contributed by atoms with Crippen LogP contribution in [0.15, 0.2) is 18.3 Å². The first kappa shape index (κ1) is 13.3. The lowest BCUT2D eigenvalue weighted by Gasteiger charge is -2.42. The van der Waals surface area contributed by atoms with Gasteiger partial charge in [-0.2, -0.15) is 0 Å². The molecule has 0 amide bonds. The van der Waals surface area contributed by atoms with Gasteiger partial charge in [-0.1, -0.05) is 19.9 Å². The third-order valence-corrected chi connectivity index (χ3v) is 4.10. The van der Waals surface area contributed by atoms with Crippen molar-refractivity contribution in [1.82, 2.24) is 10.3 Å². The summed E-state index contributed by atoms with van der Waals surface area (Å²) in [6, 6.07) is 4.78. The molecule has 3 heteroatoms. The molecule has 2 rings (SSSR count). The smallest absolute Gasteiger partial charge is 0.133 e. The largest absolute Gasteiger partial charge is 0.353 e. The van der Waals surface area contributed by atoms with Crippen LogP contribution in [0.4, 0.5) is 5.82 Å². The third kappa shape index (κ3) is 2.66. The Hall–Kier alpha value is -1.09. The number of anilines is 1.